The van der Waals surface area contributed by atoms with Crippen molar-refractivity contribution in [2.24, 2.45) is 5.73 Å². The number of nitrogens with two attached hydrogens (primary N) is 1. The monoisotopic (exact) mass is 278 g/mol. The Bertz CT molecular complexity index is 502. The summed E-state index contributed by atoms with van der Waals surface area (Å²) in [6.07, 6.45) is 0. The normalized spacial score (nSPS) is 18.7. The van der Waals surface area contributed by atoms with Crippen LogP contribution >= 0.6 is 0 Å². The predicted octanol–water partition coefficient (Wildman–Crippen LogP) is 0.196. The van der Waals surface area contributed by atoms with Crippen molar-refractivity contribution in [2.45, 2.75) is 0 Å². The molecule has 0 saturated carbocycles. The molecule has 0 unspecified atom stereocenters. The molecule has 2 aliphatic heterocycles. The van der Waals surface area contributed by atoms with E-state index < -0.39 is 5.91 Å². The molecule has 1 fully saturated rings. The number of amides is 1. The van der Waals surface area contributed by atoms with Gasteiger partial charge in [0, 0.05) is 25.2 Å². The molecule has 7 heteroatoms. The number of hydrogen-bond donors (Lipinski definition) is 2. The summed E-state index contributed by atoms with van der Waals surface area (Å²) in [5, 5.41) is 1.79. The van der Waals surface area contributed by atoms with Gasteiger partial charge < -0.3 is 10.5 Å². The molecule has 0 bridgehead atoms. The number of ether oxygens (including phenoxy) is 1. The number of carbonyl (C=O) groups is 1. The summed E-state index contributed by atoms with van der Waals surface area (Å²) >= 11 is 0. The number of hydrogen-bond acceptors (Lipinski definition) is 6. The van der Waals surface area contributed by atoms with Crippen LogP contribution in [0.5, 0.6) is 0 Å². The van der Waals surface area contributed by atoms with Gasteiger partial charge in [-0.2, -0.15) is 4.94 Å². The number of primary amides is 1. The van der Waals surface area contributed by atoms with Gasteiger partial charge in [0.2, 0.25) is 5.91 Å². The largest absolute Gasteiger partial charge is 0.379 e. The highest BCUT2D eigenvalue weighted by Crippen LogP contribution is 2.32. The number of nitrogens with zero attached hydrogens (tertiary/aromatic N) is 2. The lowest BCUT2D eigenvalue weighted by atomic mass is 10.1. The third kappa shape index (κ3) is 2.69. The van der Waals surface area contributed by atoms with Gasteiger partial charge in [-0.3, -0.25) is 9.69 Å². The highest BCUT2D eigenvalue weighted by molar-refractivity contribution is 5.95. The zero-order chi connectivity index (χ0) is 13.9. The number of benzene rings is 1. The summed E-state index contributed by atoms with van der Waals surface area (Å²) in [6, 6.07) is 5.25. The summed E-state index contributed by atoms with van der Waals surface area (Å²) in [5.41, 5.74) is 10.2. The molecule has 7 nitrogen and oxygen atoms in total. The first-order valence-electron chi connectivity index (χ1n) is 6.68. The van der Waals surface area contributed by atoms with Gasteiger partial charge >= 0.3 is 0 Å². The maximum Gasteiger partial charge on any atom is 0.248 e. The van der Waals surface area contributed by atoms with Gasteiger partial charge in [0.05, 0.1) is 31.1 Å². The van der Waals surface area contributed by atoms with Crippen molar-refractivity contribution >= 4 is 17.3 Å². The summed E-state index contributed by atoms with van der Waals surface area (Å²) < 4.78 is 5.32. The predicted molar refractivity (Wildman–Crippen MR) is 74.3 cm³/mol. The van der Waals surface area contributed by atoms with Crippen molar-refractivity contribution in [3.8, 4) is 0 Å². The molecule has 0 aromatic heterocycles. The standard InChI is InChI=1S/C13H18N4O3/c14-13(18)10-1-2-12-11(9-10)15-20-17(12)4-3-16-5-7-19-8-6-16/h1-2,9,15H,3-8H2,(H2,14,18). The number of anilines is 2. The van der Waals surface area contributed by atoms with Crippen molar-refractivity contribution < 1.29 is 14.5 Å². The fourth-order valence-electron chi connectivity index (χ4n) is 2.37. The van der Waals surface area contributed by atoms with E-state index in [2.05, 4.69) is 10.4 Å². The Balaban J connectivity index is 1.62. The Labute approximate surface area is 117 Å². The number of hydroxylamine groups is 1. The summed E-state index contributed by atoms with van der Waals surface area (Å²) in [4.78, 5) is 18.9. The molecule has 2 heterocycles. The first kappa shape index (κ1) is 13.2. The highest BCUT2D eigenvalue weighted by atomic mass is 16.8. The van der Waals surface area contributed by atoms with E-state index in [0.717, 1.165) is 50.8 Å². The minimum atomic E-state index is -0.443. The van der Waals surface area contributed by atoms with Crippen LogP contribution in [0.4, 0.5) is 11.4 Å². The Hall–Kier alpha value is -1.83. The molecule has 3 rings (SSSR count). The van der Waals surface area contributed by atoms with Crippen molar-refractivity contribution in [1.82, 2.24) is 4.90 Å². The molecule has 1 saturated heterocycles. The number of carbonyl (C=O) groups excluding carboxylic acids is 1. The lowest BCUT2D eigenvalue weighted by molar-refractivity contribution is 0.0356. The number of fused-ring (bicyclic) bond motifs is 1. The van der Waals surface area contributed by atoms with Crippen LogP contribution in [0, 0.1) is 0 Å². The summed E-state index contributed by atoms with van der Waals surface area (Å²) in [5.74, 6) is -0.443. The van der Waals surface area contributed by atoms with Gasteiger partial charge in [0.25, 0.3) is 0 Å². The van der Waals surface area contributed by atoms with Crippen molar-refractivity contribution in [3.63, 3.8) is 0 Å². The van der Waals surface area contributed by atoms with Gasteiger partial charge in [-0.05, 0) is 18.2 Å². The fraction of sp³-hybridized carbons (Fsp3) is 0.462. The van der Waals surface area contributed by atoms with Crippen LogP contribution < -0.4 is 16.3 Å². The minimum Gasteiger partial charge on any atom is -0.379 e. The molecule has 2 aliphatic rings. The number of nitrogens with one attached hydrogen (secondary N) is 1. The van der Waals surface area contributed by atoms with Crippen molar-refractivity contribution in [3.05, 3.63) is 23.8 Å². The second-order valence-electron chi connectivity index (χ2n) is 4.85. The SMILES string of the molecule is NC(=O)c1ccc2c(c1)NON2CCN1CCOCC1. The Morgan fingerprint density at radius 2 is 2.10 bits per heavy atom. The smallest absolute Gasteiger partial charge is 0.248 e. The first-order chi connectivity index (χ1) is 9.74. The molecular weight excluding hydrogens is 260 g/mol. The zero-order valence-electron chi connectivity index (χ0n) is 11.2. The van der Waals surface area contributed by atoms with E-state index in [4.69, 9.17) is 15.4 Å². The quantitative estimate of drug-likeness (QED) is 0.819. The zero-order valence-corrected chi connectivity index (χ0v) is 11.2. The molecule has 3 N–H and O–H groups in total. The molecule has 108 valence electrons. The Morgan fingerprint density at radius 3 is 2.85 bits per heavy atom. The van der Waals surface area contributed by atoms with Crippen LogP contribution in [0.25, 0.3) is 0 Å². The van der Waals surface area contributed by atoms with Gasteiger partial charge in [-0.15, -0.1) is 0 Å². The molecule has 20 heavy (non-hydrogen) atoms. The lowest BCUT2D eigenvalue weighted by Gasteiger charge is -2.28. The first-order valence-corrected chi connectivity index (χ1v) is 6.68. The van der Waals surface area contributed by atoms with Crippen LogP contribution in [0.3, 0.4) is 0 Å². The maximum absolute atomic E-state index is 11.1. The number of morpholine rings is 1. The third-order valence-electron chi connectivity index (χ3n) is 3.54. The van der Waals surface area contributed by atoms with E-state index in [1.54, 1.807) is 17.2 Å². The number of rotatable bonds is 4. The van der Waals surface area contributed by atoms with E-state index >= 15 is 0 Å². The van der Waals surface area contributed by atoms with Gasteiger partial charge in [-0.25, -0.2) is 10.5 Å². The van der Waals surface area contributed by atoms with E-state index in [9.17, 15) is 4.79 Å². The molecule has 1 aromatic carbocycles. The third-order valence-corrected chi connectivity index (χ3v) is 3.54. The summed E-state index contributed by atoms with van der Waals surface area (Å²) in [6.45, 7) is 5.14. The van der Waals surface area contributed by atoms with Gasteiger partial charge in [-0.1, -0.05) is 0 Å². The summed E-state index contributed by atoms with van der Waals surface area (Å²) in [7, 11) is 0. The minimum absolute atomic E-state index is 0.443. The maximum atomic E-state index is 11.1. The second-order valence-corrected chi connectivity index (χ2v) is 4.85. The Kier molecular flexibility index (Phi) is 3.72. The molecule has 0 radical (unpaired) electrons. The lowest BCUT2D eigenvalue weighted by Crippen LogP contribution is -2.41. The van der Waals surface area contributed by atoms with Crippen molar-refractivity contribution in [2.75, 3.05) is 49.9 Å². The average Bonchev–Trinajstić information content (AvgIpc) is 2.88. The van der Waals surface area contributed by atoms with Crippen LogP contribution in [-0.2, 0) is 9.68 Å². The average molecular weight is 278 g/mol. The van der Waals surface area contributed by atoms with Gasteiger partial charge in [0.1, 0.15) is 0 Å². The molecule has 1 amide bonds. The van der Waals surface area contributed by atoms with E-state index in [1.165, 1.54) is 0 Å². The molecule has 1 aromatic rings. The Morgan fingerprint density at radius 1 is 1.30 bits per heavy atom. The van der Waals surface area contributed by atoms with Crippen molar-refractivity contribution in [1.29, 1.82) is 0 Å². The van der Waals surface area contributed by atoms with Crippen LogP contribution in [0.2, 0.25) is 0 Å². The molecular formula is C13H18N4O3. The highest BCUT2D eigenvalue weighted by Gasteiger charge is 2.22. The fourth-order valence-corrected chi connectivity index (χ4v) is 2.37. The van der Waals surface area contributed by atoms with Gasteiger partial charge in [0.15, 0.2) is 0 Å². The molecule has 0 atom stereocenters. The van der Waals surface area contributed by atoms with E-state index in [-0.39, 0.29) is 0 Å². The molecule has 0 aliphatic carbocycles. The topological polar surface area (TPSA) is 80.1 Å². The second kappa shape index (κ2) is 5.66. The van der Waals surface area contributed by atoms with Crippen LogP contribution in [0.15, 0.2) is 18.2 Å². The molecule has 0 spiro atoms. The van der Waals surface area contributed by atoms with E-state index in [0.29, 0.717) is 5.56 Å². The van der Waals surface area contributed by atoms with E-state index in [1.807, 2.05) is 6.07 Å². The van der Waals surface area contributed by atoms with Crippen LogP contribution in [-0.4, -0.2) is 50.2 Å². The van der Waals surface area contributed by atoms with Crippen LogP contribution in [0.1, 0.15) is 10.4 Å².